The highest BCUT2D eigenvalue weighted by Gasteiger charge is 2.15. The van der Waals surface area contributed by atoms with Crippen LogP contribution in [0.2, 0.25) is 0 Å². The summed E-state index contributed by atoms with van der Waals surface area (Å²) >= 11 is 3.31. The summed E-state index contributed by atoms with van der Waals surface area (Å²) in [6.07, 6.45) is 0. The van der Waals surface area contributed by atoms with Gasteiger partial charge in [0.15, 0.2) is 0 Å². The third-order valence-electron chi connectivity index (χ3n) is 2.37. The summed E-state index contributed by atoms with van der Waals surface area (Å²) in [5.41, 5.74) is 0.393. The number of anilines is 1. The van der Waals surface area contributed by atoms with Gasteiger partial charge in [0, 0.05) is 4.47 Å². The molecule has 0 atom stereocenters. The largest absolute Gasteiger partial charge is 0.496 e. The molecule has 0 bridgehead atoms. The molecule has 0 unspecified atom stereocenters. The number of tetrazole rings is 1. The van der Waals surface area contributed by atoms with Gasteiger partial charge in [-0.3, -0.25) is 10.1 Å². The normalized spacial score (nSPS) is 10.3. The lowest BCUT2D eigenvalue weighted by Gasteiger charge is -2.07. The van der Waals surface area contributed by atoms with Crippen LogP contribution in [0.1, 0.15) is 17.3 Å². The molecule has 2 aromatic rings. The first-order chi connectivity index (χ1) is 9.13. The Morgan fingerprint density at radius 2 is 2.32 bits per heavy atom. The van der Waals surface area contributed by atoms with E-state index in [0.29, 0.717) is 17.9 Å². The topological polar surface area (TPSA) is 81.9 Å². The van der Waals surface area contributed by atoms with Gasteiger partial charge in [-0.1, -0.05) is 21.0 Å². The Bertz CT molecular complexity index is 599. The van der Waals surface area contributed by atoms with Crippen molar-refractivity contribution in [2.45, 2.75) is 13.5 Å². The highest BCUT2D eigenvalue weighted by molar-refractivity contribution is 9.10. The molecule has 7 nitrogen and oxygen atoms in total. The Morgan fingerprint density at radius 1 is 1.53 bits per heavy atom. The van der Waals surface area contributed by atoms with Crippen molar-refractivity contribution in [2.24, 2.45) is 0 Å². The molecule has 1 amide bonds. The highest BCUT2D eigenvalue weighted by Crippen LogP contribution is 2.23. The molecule has 0 aliphatic heterocycles. The summed E-state index contributed by atoms with van der Waals surface area (Å²) in [6, 6.07) is 5.16. The Balaban J connectivity index is 2.21. The zero-order chi connectivity index (χ0) is 13.8. The van der Waals surface area contributed by atoms with E-state index >= 15 is 0 Å². The van der Waals surface area contributed by atoms with Gasteiger partial charge < -0.3 is 4.74 Å². The quantitative estimate of drug-likeness (QED) is 0.925. The van der Waals surface area contributed by atoms with E-state index in [4.69, 9.17) is 4.74 Å². The van der Waals surface area contributed by atoms with E-state index in [0.717, 1.165) is 4.47 Å². The summed E-state index contributed by atoms with van der Waals surface area (Å²) in [6.45, 7) is 2.47. The lowest BCUT2D eigenvalue weighted by molar-refractivity contribution is 0.102. The van der Waals surface area contributed by atoms with Gasteiger partial charge >= 0.3 is 0 Å². The molecule has 0 spiro atoms. The van der Waals surface area contributed by atoms with Gasteiger partial charge in [-0.15, -0.1) is 5.10 Å². The predicted molar refractivity (Wildman–Crippen MR) is 72.1 cm³/mol. The third kappa shape index (κ3) is 3.08. The lowest BCUT2D eigenvalue weighted by Crippen LogP contribution is -2.14. The third-order valence-corrected chi connectivity index (χ3v) is 2.86. The van der Waals surface area contributed by atoms with Crippen LogP contribution in [0.5, 0.6) is 5.75 Å². The number of aromatic nitrogens is 4. The molecule has 1 N–H and O–H groups in total. The predicted octanol–water partition coefficient (Wildman–Crippen LogP) is 1.72. The van der Waals surface area contributed by atoms with Gasteiger partial charge in [-0.25, -0.2) is 0 Å². The average Bonchev–Trinajstić information content (AvgIpc) is 2.86. The lowest BCUT2D eigenvalue weighted by atomic mass is 10.2. The number of halogens is 1. The second-order valence-electron chi connectivity index (χ2n) is 3.60. The minimum atomic E-state index is -0.353. The summed E-state index contributed by atoms with van der Waals surface area (Å²) in [5, 5.41) is 14.0. The molecule has 19 heavy (non-hydrogen) atoms. The molecular weight excluding hydrogens is 314 g/mol. The minimum absolute atomic E-state index is 0.161. The molecule has 0 radical (unpaired) electrons. The van der Waals surface area contributed by atoms with Crippen LogP contribution in [0, 0.1) is 0 Å². The van der Waals surface area contributed by atoms with E-state index in [1.165, 1.54) is 11.9 Å². The summed E-state index contributed by atoms with van der Waals surface area (Å²) in [5.74, 6) is 0.284. The van der Waals surface area contributed by atoms with Gasteiger partial charge in [0.25, 0.3) is 11.9 Å². The molecule has 0 aliphatic carbocycles. The fourth-order valence-corrected chi connectivity index (χ4v) is 1.81. The zero-order valence-corrected chi connectivity index (χ0v) is 12.0. The number of hydrogen-bond donors (Lipinski definition) is 1. The van der Waals surface area contributed by atoms with Crippen molar-refractivity contribution in [3.63, 3.8) is 0 Å². The van der Waals surface area contributed by atoms with Crippen molar-refractivity contribution < 1.29 is 9.53 Å². The number of amides is 1. The maximum absolute atomic E-state index is 12.1. The van der Waals surface area contributed by atoms with Crippen molar-refractivity contribution in [1.82, 2.24) is 20.2 Å². The van der Waals surface area contributed by atoms with Crippen LogP contribution in [0.4, 0.5) is 5.95 Å². The number of nitrogens with one attached hydrogen (secondary N) is 1. The first-order valence-corrected chi connectivity index (χ1v) is 6.36. The zero-order valence-electron chi connectivity index (χ0n) is 10.4. The van der Waals surface area contributed by atoms with Crippen molar-refractivity contribution in [1.29, 1.82) is 0 Å². The fourth-order valence-electron chi connectivity index (χ4n) is 1.45. The molecule has 0 aliphatic rings. The first kappa shape index (κ1) is 13.5. The number of methoxy groups -OCH3 is 1. The first-order valence-electron chi connectivity index (χ1n) is 5.56. The van der Waals surface area contributed by atoms with Crippen LogP contribution < -0.4 is 10.1 Å². The number of benzene rings is 1. The Hall–Kier alpha value is -1.96. The number of hydrogen-bond acceptors (Lipinski definition) is 5. The number of rotatable bonds is 4. The van der Waals surface area contributed by atoms with Gasteiger partial charge in [-0.05, 0) is 30.3 Å². The number of aryl methyl sites for hydroxylation is 1. The summed E-state index contributed by atoms with van der Waals surface area (Å²) in [4.78, 5) is 13.5. The SMILES string of the molecule is CCn1nnc(NC(=O)c2cc(Br)ccc2OC)n1. The Kier molecular flexibility index (Phi) is 4.10. The van der Waals surface area contributed by atoms with Crippen LogP contribution in [-0.2, 0) is 6.54 Å². The number of carbonyl (C=O) groups excluding carboxylic acids is 1. The van der Waals surface area contributed by atoms with E-state index < -0.39 is 0 Å². The van der Waals surface area contributed by atoms with E-state index in [2.05, 4.69) is 36.7 Å². The number of nitrogens with zero attached hydrogens (tertiary/aromatic N) is 4. The van der Waals surface area contributed by atoms with Crippen LogP contribution in [0.25, 0.3) is 0 Å². The number of carbonyl (C=O) groups is 1. The van der Waals surface area contributed by atoms with E-state index in [1.54, 1.807) is 18.2 Å². The average molecular weight is 326 g/mol. The highest BCUT2D eigenvalue weighted by atomic mass is 79.9. The van der Waals surface area contributed by atoms with Crippen molar-refractivity contribution in [3.05, 3.63) is 28.2 Å². The molecule has 1 heterocycles. The van der Waals surface area contributed by atoms with E-state index in [1.807, 2.05) is 6.92 Å². The van der Waals surface area contributed by atoms with Crippen LogP contribution >= 0.6 is 15.9 Å². The van der Waals surface area contributed by atoms with Gasteiger partial charge in [0.1, 0.15) is 5.75 Å². The molecule has 0 saturated carbocycles. The second kappa shape index (κ2) is 5.79. The van der Waals surface area contributed by atoms with Crippen LogP contribution in [-0.4, -0.2) is 33.2 Å². The molecule has 0 fully saturated rings. The minimum Gasteiger partial charge on any atom is -0.496 e. The standard InChI is InChI=1S/C11H12BrN5O2/c1-3-17-15-11(14-16-17)13-10(18)8-6-7(12)4-5-9(8)19-2/h4-6H,3H2,1-2H3,(H,13,15,18). The molecule has 8 heteroatoms. The van der Waals surface area contributed by atoms with E-state index in [9.17, 15) is 4.79 Å². The van der Waals surface area contributed by atoms with Gasteiger partial charge in [0.05, 0.1) is 19.2 Å². The van der Waals surface area contributed by atoms with Crippen molar-refractivity contribution in [2.75, 3.05) is 12.4 Å². The van der Waals surface area contributed by atoms with Gasteiger partial charge in [-0.2, -0.15) is 4.80 Å². The molecule has 1 aromatic heterocycles. The maximum atomic E-state index is 12.1. The van der Waals surface area contributed by atoms with Crippen LogP contribution in [0.3, 0.4) is 0 Å². The molecule has 2 rings (SSSR count). The van der Waals surface area contributed by atoms with Crippen LogP contribution in [0.15, 0.2) is 22.7 Å². The second-order valence-corrected chi connectivity index (χ2v) is 4.52. The van der Waals surface area contributed by atoms with Crippen molar-refractivity contribution >= 4 is 27.8 Å². The molecule has 1 aromatic carbocycles. The van der Waals surface area contributed by atoms with Crippen molar-refractivity contribution in [3.8, 4) is 5.75 Å². The number of ether oxygens (including phenoxy) is 1. The van der Waals surface area contributed by atoms with E-state index in [-0.39, 0.29) is 11.9 Å². The monoisotopic (exact) mass is 325 g/mol. The summed E-state index contributed by atoms with van der Waals surface area (Å²) in [7, 11) is 1.51. The molecule has 0 saturated heterocycles. The van der Waals surface area contributed by atoms with Gasteiger partial charge in [0.2, 0.25) is 0 Å². The smallest absolute Gasteiger partial charge is 0.270 e. The maximum Gasteiger partial charge on any atom is 0.270 e. The Labute approximate surface area is 118 Å². The molecular formula is C11H12BrN5O2. The fraction of sp³-hybridized carbons (Fsp3) is 0.273. The summed E-state index contributed by atoms with van der Waals surface area (Å²) < 4.78 is 5.92. The Morgan fingerprint density at radius 3 is 2.95 bits per heavy atom. The molecule has 100 valence electrons.